The van der Waals surface area contributed by atoms with Crippen LogP contribution in [0.1, 0.15) is 31.1 Å². The number of pyridine rings is 1. The second-order valence-electron chi connectivity index (χ2n) is 5.56. The first-order valence-electron chi connectivity index (χ1n) is 6.38. The summed E-state index contributed by atoms with van der Waals surface area (Å²) < 4.78 is 5.16. The molecule has 0 saturated carbocycles. The van der Waals surface area contributed by atoms with E-state index < -0.39 is 17.7 Å². The average Bonchev–Trinajstić information content (AvgIpc) is 2.35. The number of nitrogens with zero attached hydrogens (tertiary/aromatic N) is 1. The Balaban J connectivity index is 2.25. The Labute approximate surface area is 121 Å². The number of carboxylic acids is 1. The Bertz CT molecular complexity index is 704. The molecular formula is C15H16N2O4. The number of amides is 1. The summed E-state index contributed by atoms with van der Waals surface area (Å²) in [6.07, 6.45) is 0.732. The van der Waals surface area contributed by atoms with Crippen molar-refractivity contribution in [2.75, 3.05) is 5.32 Å². The van der Waals surface area contributed by atoms with E-state index in [1.807, 2.05) is 0 Å². The first-order chi connectivity index (χ1) is 9.74. The van der Waals surface area contributed by atoms with Crippen LogP contribution < -0.4 is 5.32 Å². The molecule has 6 heteroatoms. The smallest absolute Gasteiger partial charge is 0.412 e. The first-order valence-corrected chi connectivity index (χ1v) is 6.38. The van der Waals surface area contributed by atoms with E-state index in [0.29, 0.717) is 16.6 Å². The molecule has 0 aliphatic heterocycles. The Morgan fingerprint density at radius 1 is 1.24 bits per heavy atom. The number of anilines is 1. The molecule has 1 amide bonds. The minimum absolute atomic E-state index is 0.0944. The fourth-order valence-corrected chi connectivity index (χ4v) is 1.75. The van der Waals surface area contributed by atoms with Gasteiger partial charge in [-0.15, -0.1) is 0 Å². The molecule has 0 spiro atoms. The van der Waals surface area contributed by atoms with Gasteiger partial charge >= 0.3 is 12.1 Å². The van der Waals surface area contributed by atoms with Gasteiger partial charge in [-0.2, -0.15) is 0 Å². The van der Waals surface area contributed by atoms with Gasteiger partial charge in [0.15, 0.2) is 0 Å². The van der Waals surface area contributed by atoms with Crippen molar-refractivity contribution in [2.24, 2.45) is 0 Å². The number of fused-ring (bicyclic) bond motifs is 1. The van der Waals surface area contributed by atoms with Crippen LogP contribution in [0.25, 0.3) is 10.9 Å². The van der Waals surface area contributed by atoms with E-state index in [0.717, 1.165) is 0 Å². The molecule has 1 heterocycles. The zero-order valence-corrected chi connectivity index (χ0v) is 12.0. The van der Waals surface area contributed by atoms with Crippen molar-refractivity contribution >= 4 is 28.7 Å². The van der Waals surface area contributed by atoms with E-state index in [9.17, 15) is 9.59 Å². The second kappa shape index (κ2) is 5.40. The number of rotatable bonds is 2. The lowest BCUT2D eigenvalue weighted by Crippen LogP contribution is -2.27. The Kier molecular flexibility index (Phi) is 3.80. The van der Waals surface area contributed by atoms with Gasteiger partial charge in [0.05, 0.1) is 11.1 Å². The van der Waals surface area contributed by atoms with Crippen LogP contribution in [0, 0.1) is 0 Å². The summed E-state index contributed by atoms with van der Waals surface area (Å²) in [6, 6.07) is 6.54. The number of benzene rings is 1. The van der Waals surface area contributed by atoms with E-state index in [1.54, 1.807) is 39.0 Å². The van der Waals surface area contributed by atoms with Crippen LogP contribution in [-0.4, -0.2) is 27.8 Å². The van der Waals surface area contributed by atoms with E-state index in [2.05, 4.69) is 10.3 Å². The summed E-state index contributed by atoms with van der Waals surface area (Å²) in [4.78, 5) is 26.7. The standard InChI is InChI=1S/C15H16N2O4/c1-15(2,3)21-14(20)17-11-4-5-12-9(7-11)6-10(8-16-12)13(18)19/h4-8H,1-3H3,(H,17,20)(H,18,19). The van der Waals surface area contributed by atoms with Gasteiger partial charge in [0.1, 0.15) is 5.60 Å². The number of nitrogens with one attached hydrogen (secondary N) is 1. The van der Waals surface area contributed by atoms with Gasteiger partial charge in [-0.05, 0) is 45.0 Å². The number of hydrogen-bond acceptors (Lipinski definition) is 4. The summed E-state index contributed by atoms with van der Waals surface area (Å²) >= 11 is 0. The Morgan fingerprint density at radius 3 is 2.57 bits per heavy atom. The predicted octanol–water partition coefficient (Wildman–Crippen LogP) is 3.28. The molecule has 0 fully saturated rings. The molecular weight excluding hydrogens is 272 g/mol. The maximum atomic E-state index is 11.7. The van der Waals surface area contributed by atoms with Crippen molar-refractivity contribution in [1.82, 2.24) is 4.98 Å². The minimum atomic E-state index is -1.05. The van der Waals surface area contributed by atoms with Crippen molar-refractivity contribution in [3.05, 3.63) is 36.0 Å². The molecule has 21 heavy (non-hydrogen) atoms. The molecule has 110 valence electrons. The molecule has 0 radical (unpaired) electrons. The van der Waals surface area contributed by atoms with Gasteiger partial charge in [0.25, 0.3) is 0 Å². The van der Waals surface area contributed by atoms with Crippen LogP contribution in [0.4, 0.5) is 10.5 Å². The van der Waals surface area contributed by atoms with Crippen molar-refractivity contribution in [3.63, 3.8) is 0 Å². The lowest BCUT2D eigenvalue weighted by molar-refractivity contribution is 0.0634. The first kappa shape index (κ1) is 14.8. The van der Waals surface area contributed by atoms with Crippen LogP contribution >= 0.6 is 0 Å². The molecule has 0 aliphatic carbocycles. The summed E-state index contributed by atoms with van der Waals surface area (Å²) in [5.41, 5.74) is 0.673. The number of aromatic nitrogens is 1. The van der Waals surface area contributed by atoms with Gasteiger partial charge in [0, 0.05) is 17.3 Å². The normalized spacial score (nSPS) is 11.2. The van der Waals surface area contributed by atoms with Crippen LogP contribution in [0.2, 0.25) is 0 Å². The third-order valence-corrected chi connectivity index (χ3v) is 2.57. The SMILES string of the molecule is CC(C)(C)OC(=O)Nc1ccc2ncc(C(=O)O)cc2c1. The second-order valence-corrected chi connectivity index (χ2v) is 5.56. The van der Waals surface area contributed by atoms with Gasteiger partial charge in [-0.3, -0.25) is 10.3 Å². The topological polar surface area (TPSA) is 88.5 Å². The Morgan fingerprint density at radius 2 is 1.95 bits per heavy atom. The number of carboxylic acid groups (broad SMARTS) is 1. The number of carbonyl (C=O) groups excluding carboxylic acids is 1. The molecule has 6 nitrogen and oxygen atoms in total. The molecule has 0 atom stereocenters. The molecule has 0 bridgehead atoms. The van der Waals surface area contributed by atoms with E-state index in [1.165, 1.54) is 12.3 Å². The quantitative estimate of drug-likeness (QED) is 0.885. The zero-order valence-electron chi connectivity index (χ0n) is 12.0. The molecule has 1 aromatic carbocycles. The highest BCUT2D eigenvalue weighted by Crippen LogP contribution is 2.19. The molecule has 2 N–H and O–H groups in total. The summed E-state index contributed by atoms with van der Waals surface area (Å²) in [6.45, 7) is 5.32. The lowest BCUT2D eigenvalue weighted by Gasteiger charge is -2.19. The van der Waals surface area contributed by atoms with Crippen molar-refractivity contribution < 1.29 is 19.4 Å². The maximum absolute atomic E-state index is 11.7. The zero-order chi connectivity index (χ0) is 15.6. The van der Waals surface area contributed by atoms with Crippen LogP contribution in [-0.2, 0) is 4.74 Å². The summed E-state index contributed by atoms with van der Waals surface area (Å²) in [5, 5.41) is 12.2. The van der Waals surface area contributed by atoms with E-state index in [-0.39, 0.29) is 5.56 Å². The van der Waals surface area contributed by atoms with Gasteiger partial charge < -0.3 is 9.84 Å². The third kappa shape index (κ3) is 3.92. The number of aromatic carboxylic acids is 1. The summed E-state index contributed by atoms with van der Waals surface area (Å²) in [5.74, 6) is -1.05. The fourth-order valence-electron chi connectivity index (χ4n) is 1.75. The monoisotopic (exact) mass is 288 g/mol. The lowest BCUT2D eigenvalue weighted by atomic mass is 10.1. The van der Waals surface area contributed by atoms with Crippen molar-refractivity contribution in [2.45, 2.75) is 26.4 Å². The van der Waals surface area contributed by atoms with Crippen molar-refractivity contribution in [3.8, 4) is 0 Å². The van der Waals surface area contributed by atoms with Gasteiger partial charge in [0.2, 0.25) is 0 Å². The largest absolute Gasteiger partial charge is 0.478 e. The Hall–Kier alpha value is -2.63. The van der Waals surface area contributed by atoms with Crippen molar-refractivity contribution in [1.29, 1.82) is 0 Å². The molecule has 1 aromatic heterocycles. The minimum Gasteiger partial charge on any atom is -0.478 e. The molecule has 0 unspecified atom stereocenters. The number of hydrogen-bond donors (Lipinski definition) is 2. The van der Waals surface area contributed by atoms with Gasteiger partial charge in [-0.1, -0.05) is 0 Å². The molecule has 0 aliphatic rings. The molecule has 2 rings (SSSR count). The van der Waals surface area contributed by atoms with Gasteiger partial charge in [-0.25, -0.2) is 9.59 Å². The fraction of sp³-hybridized carbons (Fsp3) is 0.267. The van der Waals surface area contributed by atoms with Crippen LogP contribution in [0.15, 0.2) is 30.5 Å². The van der Waals surface area contributed by atoms with Crippen LogP contribution in [0.5, 0.6) is 0 Å². The number of carbonyl (C=O) groups is 2. The van der Waals surface area contributed by atoms with E-state index in [4.69, 9.17) is 9.84 Å². The highest BCUT2D eigenvalue weighted by molar-refractivity contribution is 5.94. The molecule has 0 saturated heterocycles. The maximum Gasteiger partial charge on any atom is 0.412 e. The third-order valence-electron chi connectivity index (χ3n) is 2.57. The highest BCUT2D eigenvalue weighted by Gasteiger charge is 2.16. The molecule has 2 aromatic rings. The number of ether oxygens (including phenoxy) is 1. The van der Waals surface area contributed by atoms with Crippen LogP contribution in [0.3, 0.4) is 0 Å². The predicted molar refractivity (Wildman–Crippen MR) is 78.6 cm³/mol. The highest BCUT2D eigenvalue weighted by atomic mass is 16.6. The average molecular weight is 288 g/mol. The summed E-state index contributed by atoms with van der Waals surface area (Å²) in [7, 11) is 0. The van der Waals surface area contributed by atoms with E-state index >= 15 is 0 Å².